The van der Waals surface area contributed by atoms with Crippen molar-refractivity contribution in [1.82, 2.24) is 10.3 Å². The van der Waals surface area contributed by atoms with E-state index in [0.29, 0.717) is 12.1 Å². The minimum atomic E-state index is -0.158. The number of nitrogens with one attached hydrogen (secondary N) is 2. The van der Waals surface area contributed by atoms with Crippen molar-refractivity contribution in [3.05, 3.63) is 22.5 Å². The monoisotopic (exact) mass is 206 g/mol. The third kappa shape index (κ3) is 1.46. The van der Waals surface area contributed by atoms with E-state index in [4.69, 9.17) is 0 Å². The molecule has 4 nitrogen and oxygen atoms in total. The predicted molar refractivity (Wildman–Crippen MR) is 56.2 cm³/mol. The molecule has 1 aliphatic rings. The molecule has 0 saturated heterocycles. The normalized spacial score (nSPS) is 14.9. The molecule has 0 atom stereocenters. The largest absolute Gasteiger partial charge is 0.354 e. The number of hydrogen-bond donors (Lipinski definition) is 2. The molecule has 0 saturated carbocycles. The van der Waals surface area contributed by atoms with Gasteiger partial charge in [-0.25, -0.2) is 0 Å². The van der Waals surface area contributed by atoms with Gasteiger partial charge in [-0.2, -0.15) is 0 Å². The standard InChI is InChI=1S/C11H14N2O2/c1-6-9-7(4-3-5-8(9)14)13-10(6)11(15)12-2/h13H,3-5H2,1-2H3,(H,12,15). The minimum Gasteiger partial charge on any atom is -0.354 e. The number of rotatable bonds is 1. The number of aromatic nitrogens is 1. The van der Waals surface area contributed by atoms with Crippen LogP contribution >= 0.6 is 0 Å². The molecule has 0 radical (unpaired) electrons. The van der Waals surface area contributed by atoms with Gasteiger partial charge in [0.2, 0.25) is 0 Å². The molecule has 0 aromatic carbocycles. The van der Waals surface area contributed by atoms with Crippen LogP contribution in [0.5, 0.6) is 0 Å². The van der Waals surface area contributed by atoms with E-state index >= 15 is 0 Å². The fourth-order valence-corrected chi connectivity index (χ4v) is 2.13. The average molecular weight is 206 g/mol. The van der Waals surface area contributed by atoms with Crippen molar-refractivity contribution >= 4 is 11.7 Å². The van der Waals surface area contributed by atoms with Crippen molar-refractivity contribution in [2.24, 2.45) is 0 Å². The first-order valence-electron chi connectivity index (χ1n) is 5.12. The lowest BCUT2D eigenvalue weighted by molar-refractivity contribution is 0.0956. The zero-order valence-corrected chi connectivity index (χ0v) is 8.94. The highest BCUT2D eigenvalue weighted by Crippen LogP contribution is 2.26. The number of carbonyl (C=O) groups excluding carboxylic acids is 2. The van der Waals surface area contributed by atoms with Gasteiger partial charge in [-0.3, -0.25) is 9.59 Å². The molecule has 1 aromatic heterocycles. The van der Waals surface area contributed by atoms with Gasteiger partial charge in [-0.1, -0.05) is 0 Å². The number of amides is 1. The van der Waals surface area contributed by atoms with Gasteiger partial charge < -0.3 is 10.3 Å². The van der Waals surface area contributed by atoms with Crippen LogP contribution in [0, 0.1) is 6.92 Å². The topological polar surface area (TPSA) is 62.0 Å². The SMILES string of the molecule is CNC(=O)c1[nH]c2c(c1C)C(=O)CCC2. The summed E-state index contributed by atoms with van der Waals surface area (Å²) in [4.78, 5) is 26.2. The first-order chi connectivity index (χ1) is 7.15. The molecule has 1 aliphatic carbocycles. The van der Waals surface area contributed by atoms with Crippen LogP contribution < -0.4 is 5.32 Å². The summed E-state index contributed by atoms with van der Waals surface area (Å²) in [7, 11) is 1.59. The molecular formula is C11H14N2O2. The van der Waals surface area contributed by atoms with Crippen LogP contribution in [0.2, 0.25) is 0 Å². The van der Waals surface area contributed by atoms with Gasteiger partial charge in [0, 0.05) is 24.7 Å². The number of hydrogen-bond acceptors (Lipinski definition) is 2. The summed E-state index contributed by atoms with van der Waals surface area (Å²) in [5.41, 5.74) is 2.97. The van der Waals surface area contributed by atoms with E-state index in [0.717, 1.165) is 29.7 Å². The van der Waals surface area contributed by atoms with Crippen molar-refractivity contribution in [3.8, 4) is 0 Å². The van der Waals surface area contributed by atoms with E-state index in [1.54, 1.807) is 7.05 Å². The van der Waals surface area contributed by atoms with Crippen LogP contribution in [0.1, 0.15) is 44.9 Å². The van der Waals surface area contributed by atoms with E-state index in [1.807, 2.05) is 6.92 Å². The number of fused-ring (bicyclic) bond motifs is 1. The average Bonchev–Trinajstić information content (AvgIpc) is 2.56. The Kier molecular flexibility index (Phi) is 2.34. The Labute approximate surface area is 88.1 Å². The smallest absolute Gasteiger partial charge is 0.267 e. The molecule has 0 spiro atoms. The summed E-state index contributed by atoms with van der Waals surface area (Å²) >= 11 is 0. The molecule has 1 amide bonds. The predicted octanol–water partition coefficient (Wildman–Crippen LogP) is 1.20. The van der Waals surface area contributed by atoms with Gasteiger partial charge in [0.25, 0.3) is 5.91 Å². The zero-order valence-electron chi connectivity index (χ0n) is 8.94. The molecule has 2 N–H and O–H groups in total. The third-order valence-electron chi connectivity index (χ3n) is 2.89. The Hall–Kier alpha value is -1.58. The van der Waals surface area contributed by atoms with Crippen molar-refractivity contribution in [2.45, 2.75) is 26.2 Å². The van der Waals surface area contributed by atoms with E-state index in [-0.39, 0.29) is 11.7 Å². The van der Waals surface area contributed by atoms with Gasteiger partial charge in [0.05, 0.1) is 0 Å². The number of aromatic amines is 1. The molecule has 15 heavy (non-hydrogen) atoms. The molecule has 0 bridgehead atoms. The maximum absolute atomic E-state index is 11.7. The third-order valence-corrected chi connectivity index (χ3v) is 2.89. The molecular weight excluding hydrogens is 192 g/mol. The number of Topliss-reactive ketones (excluding diaryl/α,β-unsaturated/α-hetero) is 1. The molecule has 80 valence electrons. The van der Waals surface area contributed by atoms with Crippen molar-refractivity contribution < 1.29 is 9.59 Å². The Morgan fingerprint density at radius 1 is 1.40 bits per heavy atom. The van der Waals surface area contributed by atoms with Crippen LogP contribution in [-0.4, -0.2) is 23.7 Å². The van der Waals surface area contributed by atoms with E-state index in [1.165, 1.54) is 0 Å². The first-order valence-corrected chi connectivity index (χ1v) is 5.12. The fraction of sp³-hybridized carbons (Fsp3) is 0.455. The van der Waals surface area contributed by atoms with Crippen LogP contribution in [0.3, 0.4) is 0 Å². The second-order valence-corrected chi connectivity index (χ2v) is 3.83. The fourth-order valence-electron chi connectivity index (χ4n) is 2.13. The van der Waals surface area contributed by atoms with E-state index < -0.39 is 0 Å². The lowest BCUT2D eigenvalue weighted by atomic mass is 9.94. The highest BCUT2D eigenvalue weighted by molar-refractivity contribution is 6.04. The highest BCUT2D eigenvalue weighted by atomic mass is 16.2. The number of carbonyl (C=O) groups is 2. The highest BCUT2D eigenvalue weighted by Gasteiger charge is 2.25. The maximum Gasteiger partial charge on any atom is 0.267 e. The lowest BCUT2D eigenvalue weighted by Crippen LogP contribution is -2.19. The number of ketones is 1. The molecule has 0 unspecified atom stereocenters. The maximum atomic E-state index is 11.7. The van der Waals surface area contributed by atoms with Crippen LogP contribution in [0.15, 0.2) is 0 Å². The Bertz CT molecular complexity index is 432. The summed E-state index contributed by atoms with van der Waals surface area (Å²) in [6.07, 6.45) is 2.33. The minimum absolute atomic E-state index is 0.153. The second kappa shape index (κ2) is 3.53. The van der Waals surface area contributed by atoms with Crippen LogP contribution in [-0.2, 0) is 6.42 Å². The number of H-pyrrole nitrogens is 1. The van der Waals surface area contributed by atoms with Crippen molar-refractivity contribution in [1.29, 1.82) is 0 Å². The van der Waals surface area contributed by atoms with Gasteiger partial charge in [0.15, 0.2) is 5.78 Å². The molecule has 1 heterocycles. The summed E-state index contributed by atoms with van der Waals surface area (Å²) in [5.74, 6) is -0.00477. The van der Waals surface area contributed by atoms with Gasteiger partial charge in [0.1, 0.15) is 5.69 Å². The Morgan fingerprint density at radius 3 is 2.73 bits per heavy atom. The van der Waals surface area contributed by atoms with Crippen molar-refractivity contribution in [3.63, 3.8) is 0 Å². The van der Waals surface area contributed by atoms with Crippen LogP contribution in [0.4, 0.5) is 0 Å². The molecule has 2 rings (SSSR count). The summed E-state index contributed by atoms with van der Waals surface area (Å²) in [6.45, 7) is 1.82. The van der Waals surface area contributed by atoms with Gasteiger partial charge in [-0.15, -0.1) is 0 Å². The lowest BCUT2D eigenvalue weighted by Gasteiger charge is -2.09. The van der Waals surface area contributed by atoms with Crippen molar-refractivity contribution in [2.75, 3.05) is 7.05 Å². The Morgan fingerprint density at radius 2 is 2.13 bits per heavy atom. The summed E-state index contributed by atoms with van der Waals surface area (Å²) in [6, 6.07) is 0. The summed E-state index contributed by atoms with van der Waals surface area (Å²) < 4.78 is 0. The van der Waals surface area contributed by atoms with Crippen LogP contribution in [0.25, 0.3) is 0 Å². The van der Waals surface area contributed by atoms with Gasteiger partial charge >= 0.3 is 0 Å². The molecule has 0 aliphatic heterocycles. The molecule has 1 aromatic rings. The first kappa shape index (κ1) is 9.96. The summed E-state index contributed by atoms with van der Waals surface area (Å²) in [5, 5.41) is 2.56. The second-order valence-electron chi connectivity index (χ2n) is 3.83. The zero-order chi connectivity index (χ0) is 11.0. The van der Waals surface area contributed by atoms with E-state index in [2.05, 4.69) is 10.3 Å². The van der Waals surface area contributed by atoms with E-state index in [9.17, 15) is 9.59 Å². The molecule has 0 fully saturated rings. The van der Waals surface area contributed by atoms with Gasteiger partial charge in [-0.05, 0) is 25.3 Å². The quantitative estimate of drug-likeness (QED) is 0.725. The number of aryl methyl sites for hydroxylation is 1. The Balaban J connectivity index is 2.53. The molecule has 4 heteroatoms.